The zero-order valence-corrected chi connectivity index (χ0v) is 18.7. The Morgan fingerprint density at radius 2 is 2.17 bits per heavy atom. The SMILES string of the molecule is Cc1ncc2nc3n(c2n1)CCOP(O)(=S)OC[C@H]1OCC(OP(S)OC3)C1F. The van der Waals surface area contributed by atoms with Gasteiger partial charge < -0.3 is 32.3 Å². The first-order valence-electron chi connectivity index (χ1n) is 8.67. The zero-order chi connectivity index (χ0) is 20.6. The Bertz CT molecular complexity index is 939. The first-order chi connectivity index (χ1) is 13.8. The number of imidazole rings is 1. The normalized spacial score (nSPS) is 34.5. The first kappa shape index (κ1) is 21.9. The van der Waals surface area contributed by atoms with Crippen molar-refractivity contribution in [1.82, 2.24) is 19.5 Å². The summed E-state index contributed by atoms with van der Waals surface area (Å²) < 4.78 is 43.5. The minimum atomic E-state index is -3.57. The molecule has 29 heavy (non-hydrogen) atoms. The summed E-state index contributed by atoms with van der Waals surface area (Å²) in [5, 5.41) is 0. The topological polar surface area (TPSA) is 110 Å². The van der Waals surface area contributed by atoms with Gasteiger partial charge in [0.05, 0.1) is 26.0 Å². The summed E-state index contributed by atoms with van der Waals surface area (Å²) in [7, 11) is -1.68. The first-order valence-corrected chi connectivity index (χ1v) is 13.6. The van der Waals surface area contributed by atoms with Gasteiger partial charge in [-0.15, -0.1) is 0 Å². The van der Waals surface area contributed by atoms with Gasteiger partial charge in [-0.05, 0) is 18.7 Å². The van der Waals surface area contributed by atoms with Crippen LogP contribution in [-0.2, 0) is 47.8 Å². The average molecular weight is 484 g/mol. The standard InChI is InChI=1S/C14H19FN4O6P2S2/c1-8-16-4-9-14(17-8)19-2-3-23-27(20,29)24-6-10-13(15)11(5-21-10)25-26(28)22-7-12(19)18-9/h4,10-11,13,28H,2-3,5-7H2,1H3,(H,20,29)/t10-,11?,13?,26?,27?/m1/s1. The van der Waals surface area contributed by atoms with Crippen molar-refractivity contribution in [1.29, 1.82) is 0 Å². The third kappa shape index (κ3) is 5.12. The number of thiol groups is 1. The van der Waals surface area contributed by atoms with E-state index in [-0.39, 0.29) is 33.0 Å². The van der Waals surface area contributed by atoms with Crippen molar-refractivity contribution in [3.63, 3.8) is 0 Å². The molecule has 2 aliphatic rings. The highest BCUT2D eigenvalue weighted by Gasteiger charge is 2.41. The molecule has 1 fully saturated rings. The van der Waals surface area contributed by atoms with Crippen LogP contribution in [0.4, 0.5) is 4.39 Å². The molecule has 160 valence electrons. The maximum Gasteiger partial charge on any atom is 0.324 e. The zero-order valence-electron chi connectivity index (χ0n) is 15.3. The second-order valence-corrected chi connectivity index (χ2v) is 11.1. The van der Waals surface area contributed by atoms with Crippen LogP contribution in [-0.4, -0.2) is 62.6 Å². The van der Waals surface area contributed by atoms with Crippen LogP contribution in [0.2, 0.25) is 0 Å². The van der Waals surface area contributed by atoms with Crippen molar-refractivity contribution in [3.8, 4) is 0 Å². The van der Waals surface area contributed by atoms with Gasteiger partial charge in [0.1, 0.15) is 36.0 Å². The Labute approximate surface area is 177 Å². The Balaban J connectivity index is 1.61. The van der Waals surface area contributed by atoms with Crippen molar-refractivity contribution in [3.05, 3.63) is 17.8 Å². The molecule has 2 aromatic heterocycles. The fourth-order valence-corrected chi connectivity index (χ4v) is 5.34. The molecule has 0 saturated carbocycles. The third-order valence-electron chi connectivity index (χ3n) is 4.37. The van der Waals surface area contributed by atoms with E-state index >= 15 is 0 Å². The Hall–Kier alpha value is -0.330. The van der Waals surface area contributed by atoms with E-state index in [1.54, 1.807) is 17.7 Å². The van der Waals surface area contributed by atoms with Gasteiger partial charge in [0.15, 0.2) is 11.8 Å². The summed E-state index contributed by atoms with van der Waals surface area (Å²) in [6.45, 7) is -1.65. The van der Waals surface area contributed by atoms with E-state index < -0.39 is 32.7 Å². The summed E-state index contributed by atoms with van der Waals surface area (Å²) >= 11 is 9.30. The van der Waals surface area contributed by atoms with E-state index in [4.69, 9.17) is 34.6 Å². The summed E-state index contributed by atoms with van der Waals surface area (Å²) in [6, 6.07) is 0. The Kier molecular flexibility index (Phi) is 6.82. The van der Waals surface area contributed by atoms with Crippen LogP contribution in [0.1, 0.15) is 11.6 Å². The molecule has 0 aliphatic carbocycles. The molecule has 1 N–H and O–H groups in total. The fraction of sp³-hybridized carbons (Fsp3) is 0.643. The molecule has 15 heteroatoms. The molecule has 1 saturated heterocycles. The lowest BCUT2D eigenvalue weighted by Gasteiger charge is -2.20. The van der Waals surface area contributed by atoms with Crippen molar-refractivity contribution >= 4 is 49.5 Å². The highest BCUT2D eigenvalue weighted by molar-refractivity contribution is 8.41. The summed E-state index contributed by atoms with van der Waals surface area (Å²) in [5.41, 5.74) is 1.17. The molecule has 10 nitrogen and oxygen atoms in total. The number of aryl methyl sites for hydroxylation is 1. The van der Waals surface area contributed by atoms with Gasteiger partial charge in [-0.25, -0.2) is 19.3 Å². The second-order valence-electron chi connectivity index (χ2n) is 6.37. The third-order valence-corrected chi connectivity index (χ3v) is 7.42. The summed E-state index contributed by atoms with van der Waals surface area (Å²) in [5.74, 6) is 1.12. The largest absolute Gasteiger partial charge is 0.370 e. The van der Waals surface area contributed by atoms with Crippen molar-refractivity contribution in [2.24, 2.45) is 0 Å². The molecule has 4 unspecified atom stereocenters. The van der Waals surface area contributed by atoms with E-state index in [0.717, 1.165) is 0 Å². The summed E-state index contributed by atoms with van der Waals surface area (Å²) in [4.78, 5) is 23.3. The quantitative estimate of drug-likeness (QED) is 0.427. The number of fused-ring (bicyclic) bond motifs is 5. The maximum atomic E-state index is 14.5. The monoisotopic (exact) mass is 484 g/mol. The number of hydrogen-bond acceptors (Lipinski definition) is 10. The number of aromatic nitrogens is 4. The second kappa shape index (κ2) is 9.04. The van der Waals surface area contributed by atoms with Gasteiger partial charge in [0.2, 0.25) is 7.58 Å². The highest BCUT2D eigenvalue weighted by atomic mass is 32.7. The molecule has 0 radical (unpaired) electrons. The predicted molar refractivity (Wildman–Crippen MR) is 109 cm³/mol. The van der Waals surface area contributed by atoms with E-state index in [0.29, 0.717) is 22.8 Å². The molecule has 2 aliphatic heterocycles. The van der Waals surface area contributed by atoms with E-state index in [9.17, 15) is 9.28 Å². The lowest BCUT2D eigenvalue weighted by atomic mass is 10.2. The number of alkyl halides is 1. The van der Waals surface area contributed by atoms with Crippen LogP contribution in [0.15, 0.2) is 6.20 Å². The lowest BCUT2D eigenvalue weighted by molar-refractivity contribution is 0.0310. The van der Waals surface area contributed by atoms with Gasteiger partial charge in [-0.2, -0.15) is 0 Å². The molecule has 0 spiro atoms. The van der Waals surface area contributed by atoms with E-state index in [2.05, 4.69) is 27.2 Å². The number of hydrogen-bond donors (Lipinski definition) is 2. The number of ether oxygens (including phenoxy) is 1. The molecule has 4 heterocycles. The van der Waals surface area contributed by atoms with Crippen LogP contribution in [0, 0.1) is 6.92 Å². The number of halogens is 1. The van der Waals surface area contributed by atoms with E-state index in [1.807, 2.05) is 0 Å². The van der Waals surface area contributed by atoms with Crippen LogP contribution < -0.4 is 0 Å². The Morgan fingerprint density at radius 3 is 3.00 bits per heavy atom. The van der Waals surface area contributed by atoms with Crippen LogP contribution in [0.25, 0.3) is 11.2 Å². The van der Waals surface area contributed by atoms with Crippen LogP contribution in [0.3, 0.4) is 0 Å². The molecule has 4 rings (SSSR count). The minimum Gasteiger partial charge on any atom is -0.370 e. The van der Waals surface area contributed by atoms with Crippen LogP contribution in [0.5, 0.6) is 0 Å². The van der Waals surface area contributed by atoms with Gasteiger partial charge in [-0.1, -0.05) is 12.2 Å². The predicted octanol–water partition coefficient (Wildman–Crippen LogP) is 2.19. The maximum absolute atomic E-state index is 14.5. The smallest absolute Gasteiger partial charge is 0.324 e. The minimum absolute atomic E-state index is 0.0144. The van der Waals surface area contributed by atoms with E-state index in [1.165, 1.54) is 0 Å². The van der Waals surface area contributed by atoms with Gasteiger partial charge >= 0.3 is 6.72 Å². The van der Waals surface area contributed by atoms with Crippen LogP contribution >= 0.6 is 26.5 Å². The van der Waals surface area contributed by atoms with Gasteiger partial charge in [0.25, 0.3) is 0 Å². The number of rotatable bonds is 0. The van der Waals surface area contributed by atoms with Crippen molar-refractivity contribution in [2.45, 2.75) is 38.5 Å². The molecular weight excluding hydrogens is 465 g/mol. The summed E-state index contributed by atoms with van der Waals surface area (Å²) in [6.07, 6.45) is -1.64. The van der Waals surface area contributed by atoms with Gasteiger partial charge in [0, 0.05) is 6.54 Å². The molecule has 0 amide bonds. The molecule has 2 bridgehead atoms. The lowest BCUT2D eigenvalue weighted by Crippen LogP contribution is -2.30. The molecule has 0 aromatic carbocycles. The van der Waals surface area contributed by atoms with Crippen molar-refractivity contribution in [2.75, 3.05) is 19.8 Å². The molecule has 5 atom stereocenters. The Morgan fingerprint density at radius 1 is 1.34 bits per heavy atom. The van der Waals surface area contributed by atoms with Gasteiger partial charge in [-0.3, -0.25) is 0 Å². The molecule has 2 aromatic rings. The number of nitrogens with zero attached hydrogens (tertiary/aromatic N) is 4. The highest BCUT2D eigenvalue weighted by Crippen LogP contribution is 2.48. The molecular formula is C14H19FN4O6P2S2. The average Bonchev–Trinajstić information content (AvgIpc) is 3.18. The fourth-order valence-electron chi connectivity index (χ4n) is 2.98. The van der Waals surface area contributed by atoms with Crippen molar-refractivity contribution < 1.29 is 32.1 Å².